The predicted octanol–water partition coefficient (Wildman–Crippen LogP) is 2.10. The monoisotopic (exact) mass is 302 g/mol. The molecule has 2 heterocycles. The van der Waals surface area contributed by atoms with Gasteiger partial charge in [0.1, 0.15) is 6.42 Å². The Hall–Kier alpha value is -2.37. The summed E-state index contributed by atoms with van der Waals surface area (Å²) >= 11 is 0. The molecule has 6 heteroatoms. The number of amides is 1. The first-order valence-electron chi connectivity index (χ1n) is 7.38. The average Bonchev–Trinajstić information content (AvgIpc) is 2.99. The molecule has 0 aliphatic carbocycles. The zero-order valence-corrected chi connectivity index (χ0v) is 12.4. The van der Waals surface area contributed by atoms with Crippen molar-refractivity contribution in [2.45, 2.75) is 25.2 Å². The third kappa shape index (κ3) is 2.81. The van der Waals surface area contributed by atoms with Gasteiger partial charge in [-0.05, 0) is 25.0 Å². The molecule has 3 rings (SSSR count). The van der Waals surface area contributed by atoms with Crippen molar-refractivity contribution in [3.63, 3.8) is 0 Å². The van der Waals surface area contributed by atoms with Crippen molar-refractivity contribution in [2.24, 2.45) is 0 Å². The van der Waals surface area contributed by atoms with Crippen LogP contribution >= 0.6 is 0 Å². The number of benzene rings is 1. The van der Waals surface area contributed by atoms with Gasteiger partial charge >= 0.3 is 5.97 Å². The molecule has 0 atom stereocenters. The summed E-state index contributed by atoms with van der Waals surface area (Å²) in [6.07, 6.45) is 1.46. The second kappa shape index (κ2) is 6.17. The molecule has 1 aliphatic heterocycles. The lowest BCUT2D eigenvalue weighted by Crippen LogP contribution is -2.39. The molecule has 116 valence electrons. The number of hydrogen-bond donors (Lipinski definition) is 0. The van der Waals surface area contributed by atoms with E-state index in [0.717, 1.165) is 29.5 Å². The molecule has 22 heavy (non-hydrogen) atoms. The maximum absolute atomic E-state index is 12.0. The second-order valence-corrected chi connectivity index (χ2v) is 5.47. The van der Waals surface area contributed by atoms with Crippen LogP contribution in [0.4, 0.5) is 0 Å². The number of rotatable bonds is 3. The van der Waals surface area contributed by atoms with Crippen LogP contribution in [-0.2, 0) is 14.3 Å². The number of nitrogens with zero attached hydrogens (tertiary/aromatic N) is 2. The smallest absolute Gasteiger partial charge is 0.315 e. The van der Waals surface area contributed by atoms with Crippen molar-refractivity contribution < 1.29 is 18.8 Å². The van der Waals surface area contributed by atoms with Crippen LogP contribution in [0, 0.1) is 0 Å². The zero-order chi connectivity index (χ0) is 15.5. The molecule has 1 saturated heterocycles. The van der Waals surface area contributed by atoms with Crippen LogP contribution in [0.15, 0.2) is 28.8 Å². The molecule has 1 amide bonds. The Balaban J connectivity index is 1.64. The number of hydrogen-bond acceptors (Lipinski definition) is 5. The predicted molar refractivity (Wildman–Crippen MR) is 79.2 cm³/mol. The zero-order valence-electron chi connectivity index (χ0n) is 12.4. The number of fused-ring (bicyclic) bond motifs is 1. The summed E-state index contributed by atoms with van der Waals surface area (Å²) in [6.45, 7) is 1.25. The van der Waals surface area contributed by atoms with Crippen molar-refractivity contribution in [1.82, 2.24) is 10.1 Å². The van der Waals surface area contributed by atoms with Gasteiger partial charge in [-0.1, -0.05) is 17.3 Å². The molecular formula is C16H18N2O4. The van der Waals surface area contributed by atoms with Gasteiger partial charge in [0.2, 0.25) is 5.91 Å². The number of aromatic nitrogens is 1. The Morgan fingerprint density at radius 3 is 2.77 bits per heavy atom. The van der Waals surface area contributed by atoms with E-state index in [-0.39, 0.29) is 18.2 Å². The number of piperidine rings is 1. The van der Waals surface area contributed by atoms with Crippen molar-refractivity contribution >= 4 is 22.8 Å². The summed E-state index contributed by atoms with van der Waals surface area (Å²) < 4.78 is 9.88. The van der Waals surface area contributed by atoms with Gasteiger partial charge in [0.15, 0.2) is 5.58 Å². The molecule has 1 fully saturated rings. The molecule has 0 N–H and O–H groups in total. The third-order valence-corrected chi connectivity index (χ3v) is 4.16. The lowest BCUT2D eigenvalue weighted by molar-refractivity contribution is -0.147. The number of methoxy groups -OCH3 is 1. The SMILES string of the molecule is COC(=O)CC(=O)N1CCC(c2noc3ccccc23)CC1. The average molecular weight is 302 g/mol. The number of ether oxygens (including phenoxy) is 1. The molecule has 0 saturated carbocycles. The maximum atomic E-state index is 12.0. The van der Waals surface area contributed by atoms with Crippen LogP contribution in [0.1, 0.15) is 30.9 Å². The summed E-state index contributed by atoms with van der Waals surface area (Å²) in [7, 11) is 1.29. The lowest BCUT2D eigenvalue weighted by Gasteiger charge is -2.31. The van der Waals surface area contributed by atoms with Gasteiger partial charge in [0.05, 0.1) is 12.8 Å². The fraction of sp³-hybridized carbons (Fsp3) is 0.438. The first-order valence-corrected chi connectivity index (χ1v) is 7.38. The molecule has 1 aromatic heterocycles. The van der Waals surface area contributed by atoms with Crippen molar-refractivity contribution in [1.29, 1.82) is 0 Å². The topological polar surface area (TPSA) is 72.6 Å². The van der Waals surface area contributed by atoms with E-state index < -0.39 is 5.97 Å². The van der Waals surface area contributed by atoms with Gasteiger partial charge < -0.3 is 14.2 Å². The van der Waals surface area contributed by atoms with Gasteiger partial charge in [-0.25, -0.2) is 0 Å². The first-order chi connectivity index (χ1) is 10.7. The van der Waals surface area contributed by atoms with Crippen molar-refractivity contribution in [2.75, 3.05) is 20.2 Å². The highest BCUT2D eigenvalue weighted by atomic mass is 16.5. The molecule has 1 aliphatic rings. The van der Waals surface area contributed by atoms with E-state index in [4.69, 9.17) is 4.52 Å². The van der Waals surface area contributed by atoms with E-state index in [0.29, 0.717) is 13.1 Å². The summed E-state index contributed by atoms with van der Waals surface area (Å²) in [5.41, 5.74) is 1.76. The molecule has 2 aromatic rings. The van der Waals surface area contributed by atoms with Gasteiger partial charge in [-0.15, -0.1) is 0 Å². The minimum absolute atomic E-state index is 0.171. The molecule has 1 aromatic carbocycles. The quantitative estimate of drug-likeness (QED) is 0.641. The minimum Gasteiger partial charge on any atom is -0.469 e. The third-order valence-electron chi connectivity index (χ3n) is 4.16. The highest BCUT2D eigenvalue weighted by Crippen LogP contribution is 2.32. The van der Waals surface area contributed by atoms with E-state index >= 15 is 0 Å². The van der Waals surface area contributed by atoms with E-state index in [1.54, 1.807) is 4.90 Å². The Bertz CT molecular complexity index is 686. The maximum Gasteiger partial charge on any atom is 0.315 e. The molecule has 0 radical (unpaired) electrons. The molecule has 0 spiro atoms. The van der Waals surface area contributed by atoms with Gasteiger partial charge in [0, 0.05) is 24.4 Å². The van der Waals surface area contributed by atoms with Gasteiger partial charge in [0.25, 0.3) is 0 Å². The summed E-state index contributed by atoms with van der Waals surface area (Å²) in [4.78, 5) is 24.9. The van der Waals surface area contributed by atoms with Crippen LogP contribution in [0.25, 0.3) is 11.0 Å². The number of esters is 1. The van der Waals surface area contributed by atoms with Crippen LogP contribution in [0.3, 0.4) is 0 Å². The first kappa shape index (κ1) is 14.6. The van der Waals surface area contributed by atoms with Crippen LogP contribution in [0.2, 0.25) is 0 Å². The van der Waals surface area contributed by atoms with Gasteiger partial charge in [-0.2, -0.15) is 0 Å². The Morgan fingerprint density at radius 2 is 2.05 bits per heavy atom. The molecule has 6 nitrogen and oxygen atoms in total. The minimum atomic E-state index is -0.491. The molecule has 0 bridgehead atoms. The van der Waals surface area contributed by atoms with E-state index in [1.165, 1.54) is 7.11 Å². The Labute approximate surface area is 128 Å². The Kier molecular flexibility index (Phi) is 4.09. The van der Waals surface area contributed by atoms with Crippen LogP contribution in [-0.4, -0.2) is 42.1 Å². The Morgan fingerprint density at radius 1 is 1.32 bits per heavy atom. The van der Waals surface area contributed by atoms with E-state index in [2.05, 4.69) is 9.89 Å². The molecule has 0 unspecified atom stereocenters. The summed E-state index contributed by atoms with van der Waals surface area (Å²) in [6, 6.07) is 7.81. The van der Waals surface area contributed by atoms with E-state index in [9.17, 15) is 9.59 Å². The lowest BCUT2D eigenvalue weighted by atomic mass is 9.91. The second-order valence-electron chi connectivity index (χ2n) is 5.47. The fourth-order valence-corrected chi connectivity index (χ4v) is 2.91. The fourth-order valence-electron chi connectivity index (χ4n) is 2.91. The highest BCUT2D eigenvalue weighted by molar-refractivity contribution is 5.94. The number of carbonyl (C=O) groups excluding carboxylic acids is 2. The van der Waals surface area contributed by atoms with Crippen LogP contribution in [0.5, 0.6) is 0 Å². The van der Waals surface area contributed by atoms with Gasteiger partial charge in [-0.3, -0.25) is 9.59 Å². The summed E-state index contributed by atoms with van der Waals surface area (Å²) in [5, 5.41) is 5.24. The highest BCUT2D eigenvalue weighted by Gasteiger charge is 2.27. The number of likely N-dealkylation sites (tertiary alicyclic amines) is 1. The summed E-state index contributed by atoms with van der Waals surface area (Å²) in [5.74, 6) is -0.379. The largest absolute Gasteiger partial charge is 0.469 e. The number of carbonyl (C=O) groups is 2. The van der Waals surface area contributed by atoms with Crippen molar-refractivity contribution in [3.05, 3.63) is 30.0 Å². The van der Waals surface area contributed by atoms with Crippen molar-refractivity contribution in [3.8, 4) is 0 Å². The van der Waals surface area contributed by atoms with Crippen LogP contribution < -0.4 is 0 Å². The standard InChI is InChI=1S/C16H18N2O4/c1-21-15(20)10-14(19)18-8-6-11(7-9-18)16-12-4-2-3-5-13(12)22-17-16/h2-5,11H,6-10H2,1H3. The van der Waals surface area contributed by atoms with E-state index in [1.807, 2.05) is 24.3 Å². The molecular weight excluding hydrogens is 284 g/mol. The normalized spacial score (nSPS) is 16.0. The number of para-hydroxylation sites is 1.